The number of anilines is 1. The fourth-order valence-electron chi connectivity index (χ4n) is 2.47. The molecule has 1 aliphatic rings. The number of nitrogen functional groups attached to an aromatic ring is 1. The van der Waals surface area contributed by atoms with Gasteiger partial charge in [0.15, 0.2) is 0 Å². The molecule has 0 saturated heterocycles. The Labute approximate surface area is 112 Å². The van der Waals surface area contributed by atoms with Gasteiger partial charge in [-0.3, -0.25) is 0 Å². The van der Waals surface area contributed by atoms with E-state index >= 15 is 0 Å². The molecule has 0 bridgehead atoms. The molecule has 0 saturated carbocycles. The number of thioether (sulfide) groups is 1. The molecule has 0 amide bonds. The predicted molar refractivity (Wildman–Crippen MR) is 79.2 cm³/mol. The maximum absolute atomic E-state index is 6.01. The molecule has 1 nitrogen and oxygen atoms in total. The van der Waals surface area contributed by atoms with Crippen LogP contribution < -0.4 is 5.73 Å². The van der Waals surface area contributed by atoms with Gasteiger partial charge >= 0.3 is 0 Å². The Morgan fingerprint density at radius 3 is 2.89 bits per heavy atom. The quantitative estimate of drug-likeness (QED) is 0.662. The van der Waals surface area contributed by atoms with E-state index in [0.717, 1.165) is 11.4 Å². The molecule has 2 aromatic carbocycles. The van der Waals surface area contributed by atoms with Crippen molar-refractivity contribution in [3.63, 3.8) is 0 Å². The summed E-state index contributed by atoms with van der Waals surface area (Å²) < 4.78 is 0. The molecule has 18 heavy (non-hydrogen) atoms. The van der Waals surface area contributed by atoms with Crippen LogP contribution in [0.15, 0.2) is 47.4 Å². The van der Waals surface area contributed by atoms with Crippen molar-refractivity contribution in [2.75, 3.05) is 11.5 Å². The van der Waals surface area contributed by atoms with Crippen LogP contribution >= 0.6 is 11.8 Å². The Kier molecular flexibility index (Phi) is 3.04. The molecule has 2 heteroatoms. The lowest BCUT2D eigenvalue weighted by molar-refractivity contribution is 0.677. The second-order valence-corrected chi connectivity index (χ2v) is 6.01. The first-order valence-electron chi connectivity index (χ1n) is 6.31. The fraction of sp³-hybridized carbons (Fsp3) is 0.250. The highest BCUT2D eigenvalue weighted by Crippen LogP contribution is 2.39. The van der Waals surface area contributed by atoms with Gasteiger partial charge in [-0.25, -0.2) is 0 Å². The van der Waals surface area contributed by atoms with E-state index in [0.29, 0.717) is 5.92 Å². The van der Waals surface area contributed by atoms with Crippen molar-refractivity contribution < 1.29 is 0 Å². The Morgan fingerprint density at radius 2 is 2.06 bits per heavy atom. The number of fused-ring (bicyclic) bond motifs is 1. The Balaban J connectivity index is 1.68. The number of hydrogen-bond acceptors (Lipinski definition) is 2. The summed E-state index contributed by atoms with van der Waals surface area (Å²) in [5.74, 6) is 1.83. The number of hydrogen-bond donors (Lipinski definition) is 1. The van der Waals surface area contributed by atoms with Gasteiger partial charge in [0, 0.05) is 16.3 Å². The highest BCUT2D eigenvalue weighted by Gasteiger charge is 2.25. The molecule has 0 spiro atoms. The number of benzene rings is 2. The maximum atomic E-state index is 6.01. The van der Waals surface area contributed by atoms with E-state index in [2.05, 4.69) is 43.3 Å². The van der Waals surface area contributed by atoms with Gasteiger partial charge < -0.3 is 5.73 Å². The monoisotopic (exact) mass is 255 g/mol. The highest BCUT2D eigenvalue weighted by atomic mass is 32.2. The SMILES string of the molecule is Cc1ccc(N)c(SCC2Cc3ccccc32)c1. The van der Waals surface area contributed by atoms with E-state index in [1.165, 1.54) is 28.0 Å². The average molecular weight is 255 g/mol. The van der Waals surface area contributed by atoms with Crippen molar-refractivity contribution in [1.29, 1.82) is 0 Å². The first-order valence-corrected chi connectivity index (χ1v) is 7.29. The van der Waals surface area contributed by atoms with Crippen LogP contribution in [0.1, 0.15) is 22.6 Å². The van der Waals surface area contributed by atoms with Crippen molar-refractivity contribution in [1.82, 2.24) is 0 Å². The molecule has 0 fully saturated rings. The smallest absolute Gasteiger partial charge is 0.0452 e. The second kappa shape index (κ2) is 4.69. The Morgan fingerprint density at radius 1 is 1.22 bits per heavy atom. The van der Waals surface area contributed by atoms with Crippen molar-refractivity contribution in [2.24, 2.45) is 0 Å². The molecule has 1 unspecified atom stereocenters. The van der Waals surface area contributed by atoms with E-state index in [-0.39, 0.29) is 0 Å². The van der Waals surface area contributed by atoms with Gasteiger partial charge in [-0.15, -0.1) is 11.8 Å². The van der Waals surface area contributed by atoms with Gasteiger partial charge in [0.2, 0.25) is 0 Å². The average Bonchev–Trinajstić information content (AvgIpc) is 2.34. The van der Waals surface area contributed by atoms with Crippen LogP contribution in [0.5, 0.6) is 0 Å². The normalized spacial score (nSPS) is 17.1. The molecule has 0 aliphatic heterocycles. The topological polar surface area (TPSA) is 26.0 Å². The molecule has 0 heterocycles. The molecular weight excluding hydrogens is 238 g/mol. The minimum atomic E-state index is 0.700. The van der Waals surface area contributed by atoms with Crippen LogP contribution in [0.2, 0.25) is 0 Å². The first-order chi connectivity index (χ1) is 8.74. The van der Waals surface area contributed by atoms with E-state index in [1.54, 1.807) is 0 Å². The number of nitrogens with two attached hydrogens (primary N) is 1. The molecule has 0 radical (unpaired) electrons. The third-order valence-corrected chi connectivity index (χ3v) is 4.80. The van der Waals surface area contributed by atoms with Crippen molar-refractivity contribution in [3.8, 4) is 0 Å². The molecule has 1 aliphatic carbocycles. The molecule has 3 rings (SSSR count). The lowest BCUT2D eigenvalue weighted by Gasteiger charge is -2.29. The summed E-state index contributed by atoms with van der Waals surface area (Å²) in [4.78, 5) is 1.22. The summed E-state index contributed by atoms with van der Waals surface area (Å²) in [7, 11) is 0. The minimum Gasteiger partial charge on any atom is -0.398 e. The molecular formula is C16H17NS. The zero-order valence-corrected chi connectivity index (χ0v) is 11.3. The zero-order valence-electron chi connectivity index (χ0n) is 10.5. The van der Waals surface area contributed by atoms with Crippen molar-refractivity contribution in [3.05, 3.63) is 59.2 Å². The van der Waals surface area contributed by atoms with Gasteiger partial charge in [0.25, 0.3) is 0 Å². The van der Waals surface area contributed by atoms with Crippen molar-refractivity contribution >= 4 is 17.4 Å². The highest BCUT2D eigenvalue weighted by molar-refractivity contribution is 7.99. The first kappa shape index (κ1) is 11.7. The van der Waals surface area contributed by atoms with Crippen LogP contribution in [0, 0.1) is 6.92 Å². The van der Waals surface area contributed by atoms with Crippen LogP contribution in [-0.4, -0.2) is 5.75 Å². The van der Waals surface area contributed by atoms with Gasteiger partial charge in [0.05, 0.1) is 0 Å². The summed E-state index contributed by atoms with van der Waals surface area (Å²) in [5.41, 5.74) is 11.2. The van der Waals surface area contributed by atoms with Gasteiger partial charge in [-0.2, -0.15) is 0 Å². The van der Waals surface area contributed by atoms with E-state index < -0.39 is 0 Å². The molecule has 1 atom stereocenters. The fourth-order valence-corrected chi connectivity index (χ4v) is 3.65. The minimum absolute atomic E-state index is 0.700. The van der Waals surface area contributed by atoms with Crippen LogP contribution in [0.4, 0.5) is 5.69 Å². The zero-order chi connectivity index (χ0) is 12.5. The van der Waals surface area contributed by atoms with Crippen LogP contribution in [-0.2, 0) is 6.42 Å². The molecule has 92 valence electrons. The van der Waals surface area contributed by atoms with E-state index in [4.69, 9.17) is 5.73 Å². The van der Waals surface area contributed by atoms with Gasteiger partial charge in [-0.05, 0) is 48.1 Å². The number of rotatable bonds is 3. The second-order valence-electron chi connectivity index (χ2n) is 4.95. The summed E-state index contributed by atoms with van der Waals surface area (Å²) in [6.45, 7) is 2.11. The van der Waals surface area contributed by atoms with Crippen LogP contribution in [0.3, 0.4) is 0 Å². The summed E-state index contributed by atoms with van der Waals surface area (Å²) in [5, 5.41) is 0. The maximum Gasteiger partial charge on any atom is 0.0452 e. The third-order valence-electron chi connectivity index (χ3n) is 3.57. The Bertz CT molecular complexity index is 577. The largest absolute Gasteiger partial charge is 0.398 e. The lowest BCUT2D eigenvalue weighted by Crippen LogP contribution is -2.18. The number of aryl methyl sites for hydroxylation is 1. The standard InChI is InChI=1S/C16H17NS/c1-11-6-7-15(17)16(8-11)18-10-13-9-12-4-2-3-5-14(12)13/h2-8,13H,9-10,17H2,1H3. The molecule has 2 aromatic rings. The lowest BCUT2D eigenvalue weighted by atomic mass is 9.79. The van der Waals surface area contributed by atoms with Crippen LogP contribution in [0.25, 0.3) is 0 Å². The van der Waals surface area contributed by atoms with Gasteiger partial charge in [-0.1, -0.05) is 30.3 Å². The van der Waals surface area contributed by atoms with E-state index in [9.17, 15) is 0 Å². The summed E-state index contributed by atoms with van der Waals surface area (Å²) in [6.07, 6.45) is 1.22. The molecule has 2 N–H and O–H groups in total. The Hall–Kier alpha value is -1.41. The van der Waals surface area contributed by atoms with Crippen molar-refractivity contribution in [2.45, 2.75) is 24.2 Å². The molecule has 0 aromatic heterocycles. The van der Waals surface area contributed by atoms with Gasteiger partial charge in [0.1, 0.15) is 0 Å². The third kappa shape index (κ3) is 2.13. The van der Waals surface area contributed by atoms with E-state index in [1.807, 2.05) is 17.8 Å². The predicted octanol–water partition coefficient (Wildman–Crippen LogP) is 4.01. The summed E-state index contributed by atoms with van der Waals surface area (Å²) >= 11 is 1.88. The summed E-state index contributed by atoms with van der Waals surface area (Å²) in [6, 6.07) is 15.0.